The molecule has 0 spiro atoms. The van der Waals surface area contributed by atoms with E-state index in [0.29, 0.717) is 11.5 Å². The van der Waals surface area contributed by atoms with Gasteiger partial charge in [-0.2, -0.15) is 11.8 Å². The summed E-state index contributed by atoms with van der Waals surface area (Å²) in [6.45, 7) is 0. The summed E-state index contributed by atoms with van der Waals surface area (Å²) in [5, 5.41) is 11.2. The number of carbonyl (C=O) groups excluding carboxylic acids is 1. The molecule has 29 heavy (non-hydrogen) atoms. The molecule has 0 saturated carbocycles. The van der Waals surface area contributed by atoms with E-state index in [9.17, 15) is 9.90 Å². The van der Waals surface area contributed by atoms with Crippen LogP contribution in [0.25, 0.3) is 5.57 Å². The Balaban J connectivity index is 1.68. The number of benzene rings is 1. The largest absolute Gasteiger partial charge is 0.385 e. The van der Waals surface area contributed by atoms with Gasteiger partial charge in [0.15, 0.2) is 5.82 Å². The molecule has 4 nitrogen and oxygen atoms in total. The number of terminal acetylenes is 1. The second kappa shape index (κ2) is 8.61. The van der Waals surface area contributed by atoms with Gasteiger partial charge in [-0.05, 0) is 78.4 Å². The van der Waals surface area contributed by atoms with E-state index < -0.39 is 5.60 Å². The number of allylic oxidation sites excluding steroid dienone is 2. The van der Waals surface area contributed by atoms with Gasteiger partial charge in [0.05, 0.1) is 11.8 Å². The number of rotatable bonds is 5. The van der Waals surface area contributed by atoms with E-state index in [1.54, 1.807) is 0 Å². The molecule has 1 aliphatic heterocycles. The van der Waals surface area contributed by atoms with Gasteiger partial charge in [0.1, 0.15) is 5.69 Å². The minimum atomic E-state index is -0.763. The first-order chi connectivity index (χ1) is 14.1. The van der Waals surface area contributed by atoms with E-state index in [2.05, 4.69) is 28.0 Å². The summed E-state index contributed by atoms with van der Waals surface area (Å²) in [6.07, 6.45) is 15.4. The van der Waals surface area contributed by atoms with Gasteiger partial charge in [-0.15, -0.1) is 6.42 Å². The van der Waals surface area contributed by atoms with Gasteiger partial charge < -0.3 is 10.1 Å². The van der Waals surface area contributed by atoms with Crippen LogP contribution in [-0.4, -0.2) is 32.4 Å². The van der Waals surface area contributed by atoms with Gasteiger partial charge in [-0.3, -0.25) is 4.79 Å². The minimum Gasteiger partial charge on any atom is -0.385 e. The second-order valence-corrected chi connectivity index (χ2v) is 9.11. The van der Waals surface area contributed by atoms with Gasteiger partial charge in [0, 0.05) is 6.42 Å². The molecule has 2 N–H and O–H groups in total. The lowest BCUT2D eigenvalue weighted by Crippen LogP contribution is -2.30. The van der Waals surface area contributed by atoms with Crippen LogP contribution in [0.5, 0.6) is 0 Å². The van der Waals surface area contributed by atoms with Gasteiger partial charge >= 0.3 is 0 Å². The molecule has 150 valence electrons. The van der Waals surface area contributed by atoms with Crippen molar-refractivity contribution in [2.45, 2.75) is 50.5 Å². The van der Waals surface area contributed by atoms with E-state index in [-0.39, 0.29) is 12.2 Å². The number of hydrogen-bond donors (Lipinski definition) is 2. The zero-order valence-electron chi connectivity index (χ0n) is 16.5. The normalized spacial score (nSPS) is 18.7. The summed E-state index contributed by atoms with van der Waals surface area (Å²) in [5.74, 6) is 4.64. The number of Topliss-reactive ketones (excluding diaryl/α,β-unsaturated/α-hetero) is 1. The fraction of sp³-hybridized carbons (Fsp3) is 0.417. The molecule has 0 unspecified atom stereocenters. The Hall–Kier alpha value is -2.29. The van der Waals surface area contributed by atoms with Crippen molar-refractivity contribution in [3.63, 3.8) is 0 Å². The number of aromatic nitrogens is 2. The summed E-state index contributed by atoms with van der Waals surface area (Å²) in [4.78, 5) is 19.8. The number of aromatic amines is 1. The van der Waals surface area contributed by atoms with E-state index in [1.807, 2.05) is 23.9 Å². The smallest absolute Gasteiger partial charge is 0.202 e. The molecule has 2 heterocycles. The molecule has 1 aromatic carbocycles. The number of nitrogens with one attached hydrogen (secondary N) is 1. The van der Waals surface area contributed by atoms with Crippen LogP contribution in [0, 0.1) is 12.3 Å². The standard InChI is InChI=1S/C24H26N2O2S/c1-2-20-16-25-23(26-20)22(27)14-18-8-9-19(24(28)10-12-29-13-11-24)15-21(18)17-6-4-3-5-7-17/h1,6,8-9,15-16,28H,3-5,7,10-14H2,(H,25,26). The third-order valence-corrected chi connectivity index (χ3v) is 6.94. The zero-order valence-corrected chi connectivity index (χ0v) is 17.4. The summed E-state index contributed by atoms with van der Waals surface area (Å²) in [5.41, 5.74) is 4.10. The average Bonchev–Trinajstić information content (AvgIpc) is 3.25. The van der Waals surface area contributed by atoms with Crippen LogP contribution in [0.3, 0.4) is 0 Å². The van der Waals surface area contributed by atoms with E-state index >= 15 is 0 Å². The molecule has 5 heteroatoms. The molecule has 1 fully saturated rings. The Kier molecular flexibility index (Phi) is 5.94. The molecule has 0 bridgehead atoms. The van der Waals surface area contributed by atoms with Gasteiger partial charge in [-0.25, -0.2) is 4.98 Å². The third kappa shape index (κ3) is 4.34. The van der Waals surface area contributed by atoms with Crippen molar-refractivity contribution in [1.29, 1.82) is 0 Å². The molecular weight excluding hydrogens is 380 g/mol. The monoisotopic (exact) mass is 406 g/mol. The highest BCUT2D eigenvalue weighted by Gasteiger charge is 2.32. The quantitative estimate of drug-likeness (QED) is 0.567. The number of imidazole rings is 1. The molecule has 1 saturated heterocycles. The molecule has 0 amide bonds. The molecule has 0 radical (unpaired) electrons. The number of aliphatic hydroxyl groups is 1. The number of H-pyrrole nitrogens is 1. The fourth-order valence-electron chi connectivity index (χ4n) is 4.19. The number of nitrogens with zero attached hydrogens (tertiary/aromatic N) is 1. The second-order valence-electron chi connectivity index (χ2n) is 7.88. The first-order valence-electron chi connectivity index (χ1n) is 10.3. The minimum absolute atomic E-state index is 0.0790. The van der Waals surface area contributed by atoms with Crippen LogP contribution in [0.2, 0.25) is 0 Å². The van der Waals surface area contributed by atoms with Gasteiger partial charge in [-0.1, -0.05) is 24.1 Å². The first-order valence-corrected chi connectivity index (χ1v) is 11.4. The summed E-state index contributed by atoms with van der Waals surface area (Å²) >= 11 is 1.90. The lowest BCUT2D eigenvalue weighted by Gasteiger charge is -2.33. The van der Waals surface area contributed by atoms with Gasteiger partial charge in [0.25, 0.3) is 0 Å². The van der Waals surface area contributed by atoms with Crippen LogP contribution in [-0.2, 0) is 12.0 Å². The predicted octanol–water partition coefficient (Wildman–Crippen LogP) is 4.49. The molecule has 4 rings (SSSR count). The lowest BCUT2D eigenvalue weighted by molar-refractivity contribution is 0.0280. The van der Waals surface area contributed by atoms with Crippen molar-refractivity contribution in [3.8, 4) is 12.3 Å². The maximum Gasteiger partial charge on any atom is 0.202 e. The summed E-state index contributed by atoms with van der Waals surface area (Å²) in [7, 11) is 0. The van der Waals surface area contributed by atoms with Crippen LogP contribution in [0.1, 0.15) is 71.5 Å². The van der Waals surface area contributed by atoms with Crippen molar-refractivity contribution in [2.24, 2.45) is 0 Å². The molecule has 0 atom stereocenters. The van der Waals surface area contributed by atoms with Crippen LogP contribution in [0.4, 0.5) is 0 Å². The zero-order chi connectivity index (χ0) is 20.3. The first kappa shape index (κ1) is 20.0. The number of ketones is 1. The Morgan fingerprint density at radius 1 is 1.31 bits per heavy atom. The third-order valence-electron chi connectivity index (χ3n) is 5.95. The van der Waals surface area contributed by atoms with Crippen LogP contribution < -0.4 is 0 Å². The molecule has 2 aromatic rings. The predicted molar refractivity (Wildman–Crippen MR) is 118 cm³/mol. The summed E-state index contributed by atoms with van der Waals surface area (Å²) < 4.78 is 0. The summed E-state index contributed by atoms with van der Waals surface area (Å²) in [6, 6.07) is 6.15. The highest BCUT2D eigenvalue weighted by atomic mass is 32.2. The molecule has 2 aliphatic rings. The Bertz CT molecular complexity index is 977. The molecule has 1 aromatic heterocycles. The lowest BCUT2D eigenvalue weighted by atomic mass is 9.82. The number of thioether (sulfide) groups is 1. The van der Waals surface area contributed by atoms with Crippen LogP contribution in [0.15, 0.2) is 30.5 Å². The topological polar surface area (TPSA) is 66.0 Å². The maximum absolute atomic E-state index is 12.8. The van der Waals surface area contributed by atoms with Crippen molar-refractivity contribution in [2.75, 3.05) is 11.5 Å². The number of carbonyl (C=O) groups is 1. The van der Waals surface area contributed by atoms with Crippen molar-refractivity contribution >= 4 is 23.1 Å². The van der Waals surface area contributed by atoms with E-state index in [4.69, 9.17) is 6.42 Å². The molecule has 1 aliphatic carbocycles. The number of hydrogen-bond acceptors (Lipinski definition) is 4. The van der Waals surface area contributed by atoms with Crippen molar-refractivity contribution in [1.82, 2.24) is 9.97 Å². The Labute approximate surface area is 176 Å². The SMILES string of the molecule is C#Cc1cnc(C(=O)Cc2ccc(C3(O)CCSCC3)cc2C2=CCCCC2)[nH]1. The Morgan fingerprint density at radius 2 is 2.14 bits per heavy atom. The van der Waals surface area contributed by atoms with E-state index in [0.717, 1.165) is 60.3 Å². The maximum atomic E-state index is 12.8. The van der Waals surface area contributed by atoms with Crippen molar-refractivity contribution < 1.29 is 9.90 Å². The van der Waals surface area contributed by atoms with Crippen molar-refractivity contribution in [3.05, 3.63) is 58.7 Å². The molecular formula is C24H26N2O2S. The van der Waals surface area contributed by atoms with Crippen LogP contribution >= 0.6 is 11.8 Å². The highest BCUT2D eigenvalue weighted by Crippen LogP contribution is 2.38. The Morgan fingerprint density at radius 3 is 2.83 bits per heavy atom. The van der Waals surface area contributed by atoms with Gasteiger partial charge in [0.2, 0.25) is 5.78 Å². The average molecular weight is 407 g/mol. The van der Waals surface area contributed by atoms with E-state index in [1.165, 1.54) is 18.2 Å². The fourth-order valence-corrected chi connectivity index (χ4v) is 5.36. The highest BCUT2D eigenvalue weighted by molar-refractivity contribution is 7.99.